The van der Waals surface area contributed by atoms with Crippen LogP contribution in [0.3, 0.4) is 0 Å². The predicted octanol–water partition coefficient (Wildman–Crippen LogP) is 2.84. The van der Waals surface area contributed by atoms with Crippen molar-refractivity contribution < 1.29 is 14.7 Å². The number of aromatic amines is 1. The quantitative estimate of drug-likeness (QED) is 0.675. The number of H-pyrrole nitrogens is 1. The first-order valence-corrected chi connectivity index (χ1v) is 9.01. The zero-order chi connectivity index (χ0) is 17.4. The fourth-order valence-corrected chi connectivity index (χ4v) is 4.11. The van der Waals surface area contributed by atoms with E-state index in [-0.39, 0.29) is 11.8 Å². The number of aromatic nitrogens is 1. The maximum Gasteiger partial charge on any atom is 0.145 e. The number of hydrogen-bond donors (Lipinski definition) is 3. The van der Waals surface area contributed by atoms with E-state index in [4.69, 9.17) is 16.3 Å². The van der Waals surface area contributed by atoms with E-state index in [0.717, 1.165) is 43.1 Å². The molecule has 0 unspecified atom stereocenters. The standard InChI is InChI=1S/C20H21ClN2O2/c1-13-19(15-4-2-3-5-17(15)22-13)20(23-8-10-25-11-9-23)16-12-14(21)6-7-18(16)24/h2-7,12,20,22,24H,8-11H2,1H3/p+1/t20-/m1/s1. The van der Waals surface area contributed by atoms with Crippen molar-refractivity contribution in [2.75, 3.05) is 26.3 Å². The van der Waals surface area contributed by atoms with Gasteiger partial charge in [0.1, 0.15) is 24.9 Å². The predicted molar refractivity (Wildman–Crippen MR) is 99.5 cm³/mol. The van der Waals surface area contributed by atoms with Crippen molar-refractivity contribution >= 4 is 22.5 Å². The van der Waals surface area contributed by atoms with Crippen molar-refractivity contribution in [3.05, 3.63) is 64.3 Å². The van der Waals surface area contributed by atoms with E-state index in [2.05, 4.69) is 30.1 Å². The largest absolute Gasteiger partial charge is 0.507 e. The second-order valence-electron chi connectivity index (χ2n) is 6.62. The van der Waals surface area contributed by atoms with Gasteiger partial charge in [-0.15, -0.1) is 0 Å². The zero-order valence-corrected chi connectivity index (χ0v) is 14.9. The maximum atomic E-state index is 10.6. The molecule has 0 spiro atoms. The fraction of sp³-hybridized carbons (Fsp3) is 0.300. The Balaban J connectivity index is 1.93. The molecule has 4 nitrogen and oxygen atoms in total. The summed E-state index contributed by atoms with van der Waals surface area (Å²) in [5.74, 6) is 0.290. The molecule has 1 aliphatic heterocycles. The molecule has 25 heavy (non-hydrogen) atoms. The molecule has 1 saturated heterocycles. The van der Waals surface area contributed by atoms with Gasteiger partial charge in [0.05, 0.1) is 18.8 Å². The number of quaternary nitrogens is 1. The van der Waals surface area contributed by atoms with Gasteiger partial charge in [0.2, 0.25) is 0 Å². The van der Waals surface area contributed by atoms with E-state index in [0.29, 0.717) is 5.02 Å². The maximum absolute atomic E-state index is 10.6. The van der Waals surface area contributed by atoms with Crippen LogP contribution in [0.4, 0.5) is 0 Å². The van der Waals surface area contributed by atoms with Gasteiger partial charge in [0, 0.05) is 27.2 Å². The van der Waals surface area contributed by atoms with Gasteiger partial charge in [-0.05, 0) is 31.2 Å². The molecule has 1 aromatic heterocycles. The molecule has 0 aliphatic carbocycles. The number of halogens is 1. The Hall–Kier alpha value is -2.01. The zero-order valence-electron chi connectivity index (χ0n) is 14.2. The number of phenols is 1. The van der Waals surface area contributed by atoms with Crippen LogP contribution >= 0.6 is 11.6 Å². The van der Waals surface area contributed by atoms with Gasteiger partial charge in [0.15, 0.2) is 0 Å². The average molecular weight is 358 g/mol. The number of para-hydroxylation sites is 1. The summed E-state index contributed by atoms with van der Waals surface area (Å²) < 4.78 is 5.56. The van der Waals surface area contributed by atoms with Gasteiger partial charge < -0.3 is 19.7 Å². The van der Waals surface area contributed by atoms with Crippen LogP contribution in [0.1, 0.15) is 22.9 Å². The van der Waals surface area contributed by atoms with Crippen molar-refractivity contribution in [2.45, 2.75) is 13.0 Å². The first-order chi connectivity index (χ1) is 12.1. The highest BCUT2D eigenvalue weighted by molar-refractivity contribution is 6.30. The molecule has 1 atom stereocenters. The monoisotopic (exact) mass is 357 g/mol. The van der Waals surface area contributed by atoms with Gasteiger partial charge in [-0.3, -0.25) is 0 Å². The summed E-state index contributed by atoms with van der Waals surface area (Å²) in [5.41, 5.74) is 4.35. The van der Waals surface area contributed by atoms with Crippen LogP contribution in [0, 0.1) is 6.92 Å². The highest BCUT2D eigenvalue weighted by Gasteiger charge is 2.33. The van der Waals surface area contributed by atoms with Crippen molar-refractivity contribution in [1.82, 2.24) is 4.98 Å². The second-order valence-corrected chi connectivity index (χ2v) is 7.05. The molecule has 0 bridgehead atoms. The van der Waals surface area contributed by atoms with Gasteiger partial charge in [-0.25, -0.2) is 0 Å². The number of nitrogens with one attached hydrogen (secondary N) is 2. The third-order valence-corrected chi connectivity index (χ3v) is 5.31. The number of hydrogen-bond acceptors (Lipinski definition) is 2. The molecule has 0 saturated carbocycles. The van der Waals surface area contributed by atoms with E-state index < -0.39 is 0 Å². The van der Waals surface area contributed by atoms with Crippen LogP contribution in [-0.4, -0.2) is 36.4 Å². The lowest BCUT2D eigenvalue weighted by atomic mass is 9.93. The van der Waals surface area contributed by atoms with E-state index in [1.807, 2.05) is 12.1 Å². The summed E-state index contributed by atoms with van der Waals surface area (Å²) in [6, 6.07) is 13.7. The molecule has 0 amide bonds. The van der Waals surface area contributed by atoms with E-state index in [1.165, 1.54) is 15.8 Å². The summed E-state index contributed by atoms with van der Waals surface area (Å²) in [7, 11) is 0. The summed E-state index contributed by atoms with van der Waals surface area (Å²) in [5, 5.41) is 12.4. The lowest BCUT2D eigenvalue weighted by Gasteiger charge is -2.32. The number of benzene rings is 2. The minimum Gasteiger partial charge on any atom is -0.507 e. The second kappa shape index (κ2) is 6.71. The summed E-state index contributed by atoms with van der Waals surface area (Å²) >= 11 is 6.27. The number of phenolic OH excluding ortho intramolecular Hbond substituents is 1. The van der Waals surface area contributed by atoms with E-state index in [1.54, 1.807) is 12.1 Å². The van der Waals surface area contributed by atoms with Crippen LogP contribution in [0.2, 0.25) is 5.02 Å². The summed E-state index contributed by atoms with van der Waals surface area (Å²) in [4.78, 5) is 4.88. The number of morpholine rings is 1. The topological polar surface area (TPSA) is 49.7 Å². The molecular formula is C20H22ClN2O2+. The highest BCUT2D eigenvalue weighted by atomic mass is 35.5. The summed E-state index contributed by atoms with van der Waals surface area (Å²) in [6.45, 7) is 5.36. The molecule has 3 aromatic rings. The van der Waals surface area contributed by atoms with Crippen molar-refractivity contribution in [2.24, 2.45) is 0 Å². The van der Waals surface area contributed by atoms with Gasteiger partial charge >= 0.3 is 0 Å². The first-order valence-electron chi connectivity index (χ1n) is 8.63. The normalized spacial score (nSPS) is 17.0. The number of ether oxygens (including phenoxy) is 1. The van der Waals surface area contributed by atoms with Gasteiger partial charge in [-0.1, -0.05) is 29.8 Å². The summed E-state index contributed by atoms with van der Waals surface area (Å²) in [6.07, 6.45) is 0. The average Bonchev–Trinajstić information content (AvgIpc) is 2.95. The molecular weight excluding hydrogens is 336 g/mol. The highest BCUT2D eigenvalue weighted by Crippen LogP contribution is 2.35. The number of rotatable bonds is 3. The molecule has 1 fully saturated rings. The number of aromatic hydroxyl groups is 1. The van der Waals surface area contributed by atoms with Crippen LogP contribution in [0.5, 0.6) is 5.75 Å². The minimum absolute atomic E-state index is 0.0127. The van der Waals surface area contributed by atoms with Crippen molar-refractivity contribution in [1.29, 1.82) is 0 Å². The third kappa shape index (κ3) is 3.01. The smallest absolute Gasteiger partial charge is 0.145 e. The minimum atomic E-state index is 0.0127. The molecule has 3 N–H and O–H groups in total. The van der Waals surface area contributed by atoms with Crippen LogP contribution in [0.25, 0.3) is 10.9 Å². The molecule has 2 heterocycles. The molecule has 5 heteroatoms. The van der Waals surface area contributed by atoms with Gasteiger partial charge in [0.25, 0.3) is 0 Å². The Kier molecular flexibility index (Phi) is 4.42. The van der Waals surface area contributed by atoms with Crippen LogP contribution in [0.15, 0.2) is 42.5 Å². The Morgan fingerprint density at radius 3 is 2.72 bits per heavy atom. The molecule has 2 aromatic carbocycles. The fourth-order valence-electron chi connectivity index (χ4n) is 3.93. The molecule has 1 aliphatic rings. The third-order valence-electron chi connectivity index (χ3n) is 5.08. The van der Waals surface area contributed by atoms with E-state index >= 15 is 0 Å². The van der Waals surface area contributed by atoms with Crippen molar-refractivity contribution in [3.63, 3.8) is 0 Å². The van der Waals surface area contributed by atoms with Crippen molar-refractivity contribution in [3.8, 4) is 5.75 Å². The lowest BCUT2D eigenvalue weighted by molar-refractivity contribution is -0.933. The number of fused-ring (bicyclic) bond motifs is 1. The van der Waals surface area contributed by atoms with Crippen LogP contribution < -0.4 is 4.90 Å². The van der Waals surface area contributed by atoms with Gasteiger partial charge in [-0.2, -0.15) is 0 Å². The Morgan fingerprint density at radius 2 is 1.92 bits per heavy atom. The molecule has 130 valence electrons. The Labute approximate surface area is 152 Å². The molecule has 4 rings (SSSR count). The molecule has 0 radical (unpaired) electrons. The lowest BCUT2D eigenvalue weighted by Crippen LogP contribution is -3.14. The van der Waals surface area contributed by atoms with E-state index in [9.17, 15) is 5.11 Å². The Morgan fingerprint density at radius 1 is 1.16 bits per heavy atom. The number of aryl methyl sites for hydroxylation is 1. The Bertz CT molecular complexity index is 900. The SMILES string of the molecule is Cc1[nH]c2ccccc2c1[C@@H](c1cc(Cl)ccc1O)[NH+]1CCOCC1. The van der Waals surface area contributed by atoms with Crippen LogP contribution in [-0.2, 0) is 4.74 Å². The first kappa shape index (κ1) is 16.5.